The molecule has 6 atom stereocenters. The summed E-state index contributed by atoms with van der Waals surface area (Å²) >= 11 is 0. The maximum atomic E-state index is 13.9. The monoisotopic (exact) mass is 743 g/mol. The Balaban J connectivity index is 1.41. The quantitative estimate of drug-likeness (QED) is 0.130. The number of rotatable bonds is 8. The molecule has 5 N–H and O–H groups in total. The summed E-state index contributed by atoms with van der Waals surface area (Å²) in [4.78, 5) is 65.7. The number of carbonyl (C=O) groups is 5. The van der Waals surface area contributed by atoms with Gasteiger partial charge in [-0.2, -0.15) is 13.2 Å². The molecule has 3 aromatic carbocycles. The molecule has 1 aliphatic heterocycles. The molecule has 0 unspecified atom stereocenters. The fourth-order valence-corrected chi connectivity index (χ4v) is 6.88. The van der Waals surface area contributed by atoms with Crippen LogP contribution < -0.4 is 10.1 Å². The zero-order chi connectivity index (χ0) is 38.6. The number of ketones is 3. The van der Waals surface area contributed by atoms with Crippen LogP contribution in [0, 0.1) is 0 Å². The first-order chi connectivity index (χ1) is 25.0. The van der Waals surface area contributed by atoms with E-state index in [1.54, 1.807) is 23.5 Å². The number of aliphatic hydroxyl groups excluding tert-OH is 1. The van der Waals surface area contributed by atoms with E-state index in [0.29, 0.717) is 0 Å². The number of halogens is 3. The minimum atomic E-state index is -5.30. The summed E-state index contributed by atoms with van der Waals surface area (Å²) < 4.78 is 61.4. The molecule has 1 heterocycles. The number of aliphatic hydroxyl groups is 2. The number of phenols is 2. The molecule has 1 saturated heterocycles. The van der Waals surface area contributed by atoms with Crippen LogP contribution in [-0.4, -0.2) is 99.7 Å². The Bertz CT molecular complexity index is 2020. The van der Waals surface area contributed by atoms with Crippen LogP contribution in [-0.2, 0) is 30.2 Å². The smallest absolute Gasteiger partial charge is 0.471 e. The van der Waals surface area contributed by atoms with Gasteiger partial charge >= 0.3 is 18.1 Å². The zero-order valence-corrected chi connectivity index (χ0v) is 27.9. The van der Waals surface area contributed by atoms with Gasteiger partial charge in [-0.25, -0.2) is 4.79 Å². The highest BCUT2D eigenvalue weighted by atomic mass is 19.4. The lowest BCUT2D eigenvalue weighted by atomic mass is 9.72. The highest BCUT2D eigenvalue weighted by molar-refractivity contribution is 6.31. The van der Waals surface area contributed by atoms with Gasteiger partial charge in [0.05, 0.1) is 47.6 Å². The standard InChI is InChI=1S/C36H32F3NO13/c1-15-28(42)19(40-34(48)36(37,38)39)11-23(52-15)53-21-13-35(49,22(41)14-51-33(47)16-7-4-3-5-8-16)12-18-25(21)32(46)27-26(30(18)44)29(43)17-9-6-10-20(50-2)24(17)31(27)45/h3-10,15,19,21,23,28,42,44,46,49H,11-14H2,1-2H3,(H,40,48)/t15-,19-,21-,23-,28+,35-/m0/s1. The number of amides is 1. The molecule has 6 rings (SSSR count). The fourth-order valence-electron chi connectivity index (χ4n) is 6.88. The van der Waals surface area contributed by atoms with Crippen molar-refractivity contribution in [1.82, 2.24) is 5.32 Å². The summed E-state index contributed by atoms with van der Waals surface area (Å²) in [7, 11) is 1.25. The average Bonchev–Trinajstić information content (AvgIpc) is 3.12. The Morgan fingerprint density at radius 3 is 2.32 bits per heavy atom. The molecule has 14 nitrogen and oxygen atoms in total. The Morgan fingerprint density at radius 1 is 0.981 bits per heavy atom. The summed E-state index contributed by atoms with van der Waals surface area (Å²) in [6, 6.07) is 10.1. The molecular weight excluding hydrogens is 711 g/mol. The van der Waals surface area contributed by atoms with Gasteiger partial charge in [-0.3, -0.25) is 19.2 Å². The molecule has 280 valence electrons. The molecule has 3 aromatic rings. The van der Waals surface area contributed by atoms with Crippen molar-refractivity contribution in [2.24, 2.45) is 0 Å². The van der Waals surface area contributed by atoms with Gasteiger partial charge in [-0.05, 0) is 25.1 Å². The average molecular weight is 744 g/mol. The van der Waals surface area contributed by atoms with Crippen LogP contribution in [0.15, 0.2) is 48.5 Å². The van der Waals surface area contributed by atoms with Crippen molar-refractivity contribution in [2.75, 3.05) is 13.7 Å². The second-order valence-electron chi connectivity index (χ2n) is 12.9. The van der Waals surface area contributed by atoms with Crippen molar-refractivity contribution in [3.63, 3.8) is 0 Å². The van der Waals surface area contributed by atoms with Gasteiger partial charge in [0.25, 0.3) is 0 Å². The Labute approximate surface area is 298 Å². The van der Waals surface area contributed by atoms with Crippen molar-refractivity contribution in [2.45, 2.75) is 68.6 Å². The molecule has 0 radical (unpaired) electrons. The first kappa shape index (κ1) is 37.4. The summed E-state index contributed by atoms with van der Waals surface area (Å²) in [5, 5.41) is 47.4. The summed E-state index contributed by atoms with van der Waals surface area (Å²) in [5.41, 5.74) is -4.89. The van der Waals surface area contributed by atoms with Crippen LogP contribution >= 0.6 is 0 Å². The first-order valence-electron chi connectivity index (χ1n) is 16.2. The third-order valence-electron chi connectivity index (χ3n) is 9.53. The minimum absolute atomic E-state index is 0.0176. The maximum absolute atomic E-state index is 13.9. The molecule has 0 saturated carbocycles. The third kappa shape index (κ3) is 6.72. The van der Waals surface area contributed by atoms with Gasteiger partial charge in [-0.1, -0.05) is 30.3 Å². The molecule has 1 fully saturated rings. The van der Waals surface area contributed by atoms with E-state index in [1.165, 1.54) is 44.4 Å². The molecular formula is C36H32F3NO13. The first-order valence-corrected chi connectivity index (χ1v) is 16.2. The van der Waals surface area contributed by atoms with Gasteiger partial charge in [0.15, 0.2) is 18.7 Å². The second kappa shape index (κ2) is 13.9. The number of Topliss-reactive ketones (excluding diaryl/α,β-unsaturated/α-hetero) is 1. The van der Waals surface area contributed by atoms with Crippen LogP contribution in [0.3, 0.4) is 0 Å². The molecule has 0 aromatic heterocycles. The molecule has 0 spiro atoms. The number of phenolic OH excluding ortho intramolecular Hbond substituents is 2. The number of benzene rings is 3. The second-order valence-corrected chi connectivity index (χ2v) is 12.9. The number of esters is 1. The number of nitrogens with one attached hydrogen (secondary N) is 1. The summed E-state index contributed by atoms with van der Waals surface area (Å²) in [6.45, 7) is 0.292. The molecule has 3 aliphatic rings. The SMILES string of the molecule is COc1cccc2c1C(=O)c1c(O)c3c(c(O)c1C2=O)C[C@@](O)(C(=O)COC(=O)c1ccccc1)C[C@@H]3O[C@H]1C[C@H](NC(=O)C(F)(F)F)[C@H](O)[C@H](C)O1. The normalized spacial score (nSPS) is 25.1. The number of hydrogen-bond acceptors (Lipinski definition) is 13. The zero-order valence-electron chi connectivity index (χ0n) is 27.9. The summed E-state index contributed by atoms with van der Waals surface area (Å²) in [5.74, 6) is -7.96. The van der Waals surface area contributed by atoms with Gasteiger partial charge in [0, 0.05) is 36.0 Å². The predicted molar refractivity (Wildman–Crippen MR) is 171 cm³/mol. The van der Waals surface area contributed by atoms with Crippen LogP contribution in [0.1, 0.15) is 79.2 Å². The molecule has 0 bridgehead atoms. The largest absolute Gasteiger partial charge is 0.507 e. The van der Waals surface area contributed by atoms with Crippen molar-refractivity contribution in [3.05, 3.63) is 87.5 Å². The van der Waals surface area contributed by atoms with E-state index in [-0.39, 0.29) is 28.0 Å². The van der Waals surface area contributed by atoms with Gasteiger partial charge < -0.3 is 44.7 Å². The number of hydrogen-bond donors (Lipinski definition) is 5. The topological polar surface area (TPSA) is 215 Å². The Hall–Kier alpha value is -5.36. The molecule has 17 heteroatoms. The lowest BCUT2D eigenvalue weighted by Gasteiger charge is -2.43. The number of carbonyl (C=O) groups excluding carboxylic acids is 5. The number of alkyl halides is 3. The van der Waals surface area contributed by atoms with Crippen LogP contribution in [0.25, 0.3) is 0 Å². The van der Waals surface area contributed by atoms with Crippen molar-refractivity contribution >= 4 is 29.2 Å². The summed E-state index contributed by atoms with van der Waals surface area (Å²) in [6.07, 6.45) is -13.6. The maximum Gasteiger partial charge on any atom is 0.471 e. The van der Waals surface area contributed by atoms with Gasteiger partial charge in [0.2, 0.25) is 11.6 Å². The van der Waals surface area contributed by atoms with E-state index in [1.807, 2.05) is 0 Å². The number of fused-ring (bicyclic) bond motifs is 3. The Kier molecular flexibility index (Phi) is 9.80. The number of ether oxygens (including phenoxy) is 4. The van der Waals surface area contributed by atoms with E-state index in [2.05, 4.69) is 0 Å². The van der Waals surface area contributed by atoms with Crippen molar-refractivity contribution in [1.29, 1.82) is 0 Å². The molecule has 1 amide bonds. The van der Waals surface area contributed by atoms with E-state index >= 15 is 0 Å². The van der Waals surface area contributed by atoms with E-state index in [0.717, 1.165) is 0 Å². The molecule has 2 aliphatic carbocycles. The predicted octanol–water partition coefficient (Wildman–Crippen LogP) is 2.59. The van der Waals surface area contributed by atoms with Crippen LogP contribution in [0.5, 0.6) is 17.2 Å². The minimum Gasteiger partial charge on any atom is -0.507 e. The highest BCUT2D eigenvalue weighted by Crippen LogP contribution is 2.52. The number of methoxy groups -OCH3 is 1. The number of aromatic hydroxyl groups is 2. The van der Waals surface area contributed by atoms with Crippen LogP contribution in [0.4, 0.5) is 13.2 Å². The van der Waals surface area contributed by atoms with Crippen LogP contribution in [0.2, 0.25) is 0 Å². The highest BCUT2D eigenvalue weighted by Gasteiger charge is 2.51. The fraction of sp³-hybridized carbons (Fsp3) is 0.361. The Morgan fingerprint density at radius 2 is 1.66 bits per heavy atom. The van der Waals surface area contributed by atoms with E-state index in [4.69, 9.17) is 18.9 Å². The third-order valence-corrected chi connectivity index (χ3v) is 9.53. The van der Waals surface area contributed by atoms with E-state index < -0.39 is 126 Å². The van der Waals surface area contributed by atoms with Crippen molar-refractivity contribution in [3.8, 4) is 17.2 Å². The van der Waals surface area contributed by atoms with Gasteiger partial charge in [0.1, 0.15) is 29.0 Å². The van der Waals surface area contributed by atoms with E-state index in [9.17, 15) is 57.6 Å². The van der Waals surface area contributed by atoms with Gasteiger partial charge in [-0.15, -0.1) is 0 Å². The molecule has 53 heavy (non-hydrogen) atoms. The lowest BCUT2D eigenvalue weighted by molar-refractivity contribution is -0.250. The lowest BCUT2D eigenvalue weighted by Crippen LogP contribution is -2.57. The van der Waals surface area contributed by atoms with Crippen molar-refractivity contribution < 1.29 is 76.5 Å².